The molecule has 2 atom stereocenters. The Labute approximate surface area is 385 Å². The number of ether oxygens (including phenoxy) is 2. The molecule has 3 N–H and O–H groups in total. The zero-order valence-electron chi connectivity index (χ0n) is 39.8. The van der Waals surface area contributed by atoms with Crippen LogP contribution in [0.25, 0.3) is 0 Å². The second-order valence-electron chi connectivity index (χ2n) is 15.9. The molecule has 63 heavy (non-hydrogen) atoms. The van der Waals surface area contributed by atoms with E-state index in [4.69, 9.17) is 24.3 Å². The van der Waals surface area contributed by atoms with Crippen LogP contribution in [0.2, 0.25) is 0 Å². The molecule has 0 spiro atoms. The number of hydrogen-bond donors (Lipinski definition) is 2. The minimum Gasteiger partial charge on any atom is -0.462 e. The van der Waals surface area contributed by atoms with Crippen LogP contribution in [-0.4, -0.2) is 49.3 Å². The van der Waals surface area contributed by atoms with E-state index in [1.165, 1.54) is 64.2 Å². The molecule has 0 heterocycles. The molecular weight excluding hydrogens is 810 g/mol. The van der Waals surface area contributed by atoms with Crippen LogP contribution in [0.5, 0.6) is 0 Å². The van der Waals surface area contributed by atoms with Crippen LogP contribution in [0, 0.1) is 0 Å². The van der Waals surface area contributed by atoms with E-state index in [0.29, 0.717) is 12.8 Å². The summed E-state index contributed by atoms with van der Waals surface area (Å²) in [6, 6.07) is 0. The van der Waals surface area contributed by atoms with Gasteiger partial charge in [-0.1, -0.05) is 188 Å². The maximum atomic E-state index is 12.6. The molecule has 360 valence electrons. The molecule has 0 saturated carbocycles. The second kappa shape index (κ2) is 48.4. The summed E-state index contributed by atoms with van der Waals surface area (Å²) < 4.78 is 32.8. The molecule has 0 aromatic carbocycles. The number of phosphoric acid groups is 1. The number of carbonyl (C=O) groups is 2. The first kappa shape index (κ1) is 59.9. The van der Waals surface area contributed by atoms with Gasteiger partial charge in [-0.05, 0) is 89.9 Å². The first-order chi connectivity index (χ1) is 30.8. The Kier molecular flexibility index (Phi) is 46.0. The van der Waals surface area contributed by atoms with E-state index in [0.717, 1.165) is 89.9 Å². The summed E-state index contributed by atoms with van der Waals surface area (Å²) in [6.07, 6.45) is 63.1. The van der Waals surface area contributed by atoms with Gasteiger partial charge in [-0.3, -0.25) is 18.6 Å². The lowest BCUT2D eigenvalue weighted by Gasteiger charge is -2.19. The van der Waals surface area contributed by atoms with Crippen LogP contribution in [0.3, 0.4) is 0 Å². The molecular formula is C53H90NO8P. The van der Waals surface area contributed by atoms with Gasteiger partial charge < -0.3 is 20.1 Å². The zero-order valence-corrected chi connectivity index (χ0v) is 40.7. The Morgan fingerprint density at radius 1 is 0.476 bits per heavy atom. The second-order valence-corrected chi connectivity index (χ2v) is 17.4. The van der Waals surface area contributed by atoms with Crippen LogP contribution in [0.1, 0.15) is 194 Å². The summed E-state index contributed by atoms with van der Waals surface area (Å²) in [6.45, 7) is 3.46. The predicted octanol–water partition coefficient (Wildman–Crippen LogP) is 14.9. The molecule has 0 rings (SSSR count). The van der Waals surface area contributed by atoms with Crippen molar-refractivity contribution in [1.29, 1.82) is 0 Å². The number of allylic oxidation sites excluding steroid dienone is 16. The van der Waals surface area contributed by atoms with Crippen LogP contribution in [0.15, 0.2) is 97.2 Å². The fraction of sp³-hybridized carbons (Fsp3) is 0.660. The minimum absolute atomic E-state index is 0.0447. The highest BCUT2D eigenvalue weighted by molar-refractivity contribution is 7.47. The molecule has 0 fully saturated rings. The largest absolute Gasteiger partial charge is 0.472 e. The topological polar surface area (TPSA) is 134 Å². The maximum absolute atomic E-state index is 12.6. The van der Waals surface area contributed by atoms with Gasteiger partial charge in [0.1, 0.15) is 6.61 Å². The third-order valence-electron chi connectivity index (χ3n) is 9.97. The molecule has 0 aromatic heterocycles. The number of phosphoric ester groups is 1. The molecule has 0 bridgehead atoms. The van der Waals surface area contributed by atoms with E-state index in [9.17, 15) is 19.0 Å². The molecule has 0 saturated heterocycles. The summed E-state index contributed by atoms with van der Waals surface area (Å²) in [4.78, 5) is 34.9. The smallest absolute Gasteiger partial charge is 0.462 e. The molecule has 0 radical (unpaired) electrons. The van der Waals surface area contributed by atoms with Crippen molar-refractivity contribution in [3.63, 3.8) is 0 Å². The van der Waals surface area contributed by atoms with E-state index < -0.39 is 32.5 Å². The SMILES string of the molecule is CC/C=C\C/C=C\C/C=C\C/C=C\C/C=C\CCCCCCCCCCCCCCCC(=O)OC(COC(=O)CCCCC/C=C\C/C=C\C/C=C\CC)COP(=O)(O)OCCN. The van der Waals surface area contributed by atoms with Crippen LogP contribution in [-0.2, 0) is 32.7 Å². The number of nitrogens with two attached hydrogens (primary N) is 1. The summed E-state index contributed by atoms with van der Waals surface area (Å²) in [5.74, 6) is -0.870. The van der Waals surface area contributed by atoms with E-state index in [1.807, 2.05) is 0 Å². The van der Waals surface area contributed by atoms with Gasteiger partial charge >= 0.3 is 19.8 Å². The van der Waals surface area contributed by atoms with Gasteiger partial charge in [-0.25, -0.2) is 4.57 Å². The number of carbonyl (C=O) groups excluding carboxylic acids is 2. The monoisotopic (exact) mass is 900 g/mol. The van der Waals surface area contributed by atoms with Crippen LogP contribution in [0.4, 0.5) is 0 Å². The lowest BCUT2D eigenvalue weighted by molar-refractivity contribution is -0.161. The summed E-state index contributed by atoms with van der Waals surface area (Å²) in [7, 11) is -4.39. The molecule has 0 aliphatic rings. The van der Waals surface area contributed by atoms with Gasteiger partial charge in [0.05, 0.1) is 13.2 Å². The van der Waals surface area contributed by atoms with E-state index in [1.54, 1.807) is 0 Å². The quantitative estimate of drug-likeness (QED) is 0.0265. The Morgan fingerprint density at radius 3 is 1.24 bits per heavy atom. The van der Waals surface area contributed by atoms with E-state index in [2.05, 4.69) is 111 Å². The fourth-order valence-electron chi connectivity index (χ4n) is 6.38. The maximum Gasteiger partial charge on any atom is 0.472 e. The van der Waals surface area contributed by atoms with Gasteiger partial charge in [0.15, 0.2) is 6.10 Å². The molecule has 2 unspecified atom stereocenters. The van der Waals surface area contributed by atoms with Crippen LogP contribution < -0.4 is 5.73 Å². The van der Waals surface area contributed by atoms with Crippen molar-refractivity contribution in [3.8, 4) is 0 Å². The Bertz CT molecular complexity index is 1350. The highest BCUT2D eigenvalue weighted by Crippen LogP contribution is 2.43. The van der Waals surface area contributed by atoms with Gasteiger partial charge in [0.25, 0.3) is 0 Å². The van der Waals surface area contributed by atoms with Crippen LogP contribution >= 0.6 is 7.82 Å². The highest BCUT2D eigenvalue weighted by atomic mass is 31.2. The first-order valence-corrected chi connectivity index (χ1v) is 26.2. The number of esters is 2. The average Bonchev–Trinajstić information content (AvgIpc) is 3.27. The summed E-state index contributed by atoms with van der Waals surface area (Å²) >= 11 is 0. The number of hydrogen-bond acceptors (Lipinski definition) is 8. The lowest BCUT2D eigenvalue weighted by atomic mass is 10.0. The predicted molar refractivity (Wildman–Crippen MR) is 265 cm³/mol. The van der Waals surface area contributed by atoms with Crippen molar-refractivity contribution in [1.82, 2.24) is 0 Å². The van der Waals surface area contributed by atoms with Crippen molar-refractivity contribution in [2.24, 2.45) is 5.73 Å². The third-order valence-corrected chi connectivity index (χ3v) is 10.9. The van der Waals surface area contributed by atoms with Crippen molar-refractivity contribution in [2.75, 3.05) is 26.4 Å². The molecule has 0 amide bonds. The summed E-state index contributed by atoms with van der Waals surface area (Å²) in [5.41, 5.74) is 5.36. The highest BCUT2D eigenvalue weighted by Gasteiger charge is 2.26. The van der Waals surface area contributed by atoms with E-state index >= 15 is 0 Å². The zero-order chi connectivity index (χ0) is 46.0. The van der Waals surface area contributed by atoms with Crippen molar-refractivity contribution < 1.29 is 37.6 Å². The van der Waals surface area contributed by atoms with Crippen molar-refractivity contribution >= 4 is 19.8 Å². The number of rotatable bonds is 45. The lowest BCUT2D eigenvalue weighted by Crippen LogP contribution is -2.29. The van der Waals surface area contributed by atoms with Gasteiger partial charge in [-0.15, -0.1) is 0 Å². The van der Waals surface area contributed by atoms with Gasteiger partial charge in [0, 0.05) is 19.4 Å². The molecule has 10 heteroatoms. The minimum atomic E-state index is -4.39. The van der Waals surface area contributed by atoms with Gasteiger partial charge in [0.2, 0.25) is 0 Å². The first-order valence-electron chi connectivity index (χ1n) is 24.7. The molecule has 0 aliphatic heterocycles. The van der Waals surface area contributed by atoms with E-state index in [-0.39, 0.29) is 32.6 Å². The molecule has 9 nitrogen and oxygen atoms in total. The third kappa shape index (κ3) is 48.2. The van der Waals surface area contributed by atoms with Gasteiger partial charge in [-0.2, -0.15) is 0 Å². The average molecular weight is 900 g/mol. The number of unbranched alkanes of at least 4 members (excludes halogenated alkanes) is 16. The summed E-state index contributed by atoms with van der Waals surface area (Å²) in [5, 5.41) is 0. The Hall–Kier alpha value is -3.07. The normalized spacial score (nSPS) is 14.0. The molecule has 0 aromatic rings. The van der Waals surface area contributed by atoms with Crippen molar-refractivity contribution in [3.05, 3.63) is 97.2 Å². The van der Waals surface area contributed by atoms with Crippen molar-refractivity contribution in [2.45, 2.75) is 200 Å². The Morgan fingerprint density at radius 2 is 0.825 bits per heavy atom. The fourth-order valence-corrected chi connectivity index (χ4v) is 7.15. The molecule has 0 aliphatic carbocycles. The standard InChI is InChI=1S/C53H90NO8P/c1-3-5-7-9-11-13-15-17-18-19-20-21-22-23-24-25-26-27-28-29-30-31-32-34-36-38-40-42-44-46-53(56)62-51(50-61-63(57,58)60-48-47-54)49-59-52(55)45-43-41-39-37-35-33-16-14-12-10-8-6-4-2/h5-8,11-14,17-18,20-21,23-24,33,35,51H,3-4,9-10,15-16,19,22,25-32,34,36-50,54H2,1-2H3,(H,57,58)/b7-5-,8-6-,13-11-,14-12-,18-17-,21-20-,24-23-,35-33-. The Balaban J connectivity index is 4.02.